The van der Waals surface area contributed by atoms with Gasteiger partial charge < -0.3 is 23.8 Å². The summed E-state index contributed by atoms with van der Waals surface area (Å²) in [6.45, 7) is 1.93. The lowest BCUT2D eigenvalue weighted by atomic mass is 10.1. The summed E-state index contributed by atoms with van der Waals surface area (Å²) in [6, 6.07) is 8.50. The molecule has 1 N–H and O–H groups in total. The van der Waals surface area contributed by atoms with Gasteiger partial charge in [0.1, 0.15) is 5.76 Å². The Bertz CT molecular complexity index is 883. The van der Waals surface area contributed by atoms with Crippen molar-refractivity contribution in [3.8, 4) is 22.8 Å². The minimum absolute atomic E-state index is 0.137. The van der Waals surface area contributed by atoms with Crippen LogP contribution in [0.3, 0.4) is 0 Å². The Hall–Kier alpha value is -3.29. The van der Waals surface area contributed by atoms with Crippen LogP contribution in [0.25, 0.3) is 11.3 Å². The minimum atomic E-state index is -0.436. The molecule has 0 saturated heterocycles. The molecule has 2 aromatic heterocycles. The maximum atomic E-state index is 12.1. The number of amides is 1. The zero-order valence-electron chi connectivity index (χ0n) is 12.0. The van der Waals surface area contributed by atoms with Crippen molar-refractivity contribution in [2.75, 3.05) is 12.1 Å². The van der Waals surface area contributed by atoms with Crippen LogP contribution in [-0.4, -0.2) is 23.0 Å². The van der Waals surface area contributed by atoms with Gasteiger partial charge in [0.25, 0.3) is 5.91 Å². The van der Waals surface area contributed by atoms with Crippen LogP contribution in [0.1, 0.15) is 16.2 Å². The highest BCUT2D eigenvalue weighted by atomic mass is 16.7. The number of hydrogen-bond acceptors (Lipinski definition) is 7. The van der Waals surface area contributed by atoms with Crippen molar-refractivity contribution in [3.05, 3.63) is 41.8 Å². The lowest BCUT2D eigenvalue weighted by Gasteiger charge is -1.98. The van der Waals surface area contributed by atoms with Gasteiger partial charge in [0, 0.05) is 17.7 Å². The predicted molar refractivity (Wildman–Crippen MR) is 77.3 cm³/mol. The first-order valence-electron chi connectivity index (χ1n) is 6.80. The Morgan fingerprint density at radius 2 is 1.96 bits per heavy atom. The lowest BCUT2D eigenvalue weighted by molar-refractivity contribution is 0.101. The Labute approximate surface area is 130 Å². The van der Waals surface area contributed by atoms with E-state index in [0.29, 0.717) is 28.8 Å². The lowest BCUT2D eigenvalue weighted by Crippen LogP contribution is -2.12. The summed E-state index contributed by atoms with van der Waals surface area (Å²) in [5.41, 5.74) is 0.872. The molecule has 1 aromatic carbocycles. The highest BCUT2D eigenvalue weighted by molar-refractivity contribution is 6.02. The molecule has 1 aliphatic heterocycles. The first-order chi connectivity index (χ1) is 11.2. The Morgan fingerprint density at radius 3 is 2.78 bits per heavy atom. The fourth-order valence-corrected chi connectivity index (χ4v) is 2.17. The van der Waals surface area contributed by atoms with E-state index in [2.05, 4.69) is 15.6 Å². The van der Waals surface area contributed by atoms with E-state index in [1.807, 2.05) is 0 Å². The van der Waals surface area contributed by atoms with Crippen LogP contribution < -0.4 is 14.8 Å². The van der Waals surface area contributed by atoms with Gasteiger partial charge in [0.15, 0.2) is 28.8 Å². The van der Waals surface area contributed by atoms with E-state index in [0.717, 1.165) is 5.56 Å². The first-order valence-corrected chi connectivity index (χ1v) is 6.80. The summed E-state index contributed by atoms with van der Waals surface area (Å²) in [5.74, 6) is 2.23. The monoisotopic (exact) mass is 313 g/mol. The Kier molecular flexibility index (Phi) is 3.00. The SMILES string of the molecule is Cc1cc(NC(=O)c2cc(-c3ccc4c(c3)OCO4)on2)no1. The summed E-state index contributed by atoms with van der Waals surface area (Å²) in [6.07, 6.45) is 0. The number of ether oxygens (including phenoxy) is 2. The summed E-state index contributed by atoms with van der Waals surface area (Å²) in [5, 5.41) is 10.0. The largest absolute Gasteiger partial charge is 0.454 e. The van der Waals surface area contributed by atoms with Crippen LogP contribution in [0.15, 0.2) is 39.4 Å². The first kappa shape index (κ1) is 13.4. The van der Waals surface area contributed by atoms with Gasteiger partial charge in [-0.1, -0.05) is 10.3 Å². The quantitative estimate of drug-likeness (QED) is 0.793. The molecule has 23 heavy (non-hydrogen) atoms. The van der Waals surface area contributed by atoms with Crippen molar-refractivity contribution in [2.24, 2.45) is 0 Å². The van der Waals surface area contributed by atoms with Crippen LogP contribution in [0.5, 0.6) is 11.5 Å². The van der Waals surface area contributed by atoms with E-state index in [-0.39, 0.29) is 12.5 Å². The molecule has 3 aromatic rings. The number of rotatable bonds is 3. The second-order valence-electron chi connectivity index (χ2n) is 4.92. The smallest absolute Gasteiger partial charge is 0.279 e. The van der Waals surface area contributed by atoms with Crippen LogP contribution >= 0.6 is 0 Å². The van der Waals surface area contributed by atoms with Crippen molar-refractivity contribution in [1.29, 1.82) is 0 Å². The molecule has 0 radical (unpaired) electrons. The number of carbonyl (C=O) groups is 1. The number of aromatic nitrogens is 2. The topological polar surface area (TPSA) is 99.6 Å². The molecule has 116 valence electrons. The zero-order valence-corrected chi connectivity index (χ0v) is 12.0. The van der Waals surface area contributed by atoms with E-state index in [1.54, 1.807) is 37.3 Å². The van der Waals surface area contributed by atoms with Crippen LogP contribution in [0.4, 0.5) is 5.82 Å². The van der Waals surface area contributed by atoms with Crippen LogP contribution in [-0.2, 0) is 0 Å². The number of fused-ring (bicyclic) bond motifs is 1. The molecule has 0 saturated carbocycles. The van der Waals surface area contributed by atoms with Gasteiger partial charge in [-0.05, 0) is 25.1 Å². The second-order valence-corrected chi connectivity index (χ2v) is 4.92. The number of nitrogens with one attached hydrogen (secondary N) is 1. The molecule has 0 bridgehead atoms. The summed E-state index contributed by atoms with van der Waals surface area (Å²) in [4.78, 5) is 12.1. The average Bonchev–Trinajstić information content (AvgIpc) is 3.26. The number of hydrogen-bond donors (Lipinski definition) is 1. The van der Waals surface area contributed by atoms with Gasteiger partial charge in [0.2, 0.25) is 6.79 Å². The van der Waals surface area contributed by atoms with Gasteiger partial charge in [-0.2, -0.15) is 0 Å². The van der Waals surface area contributed by atoms with Gasteiger partial charge in [-0.15, -0.1) is 0 Å². The molecule has 0 aliphatic carbocycles. The average molecular weight is 313 g/mol. The molecule has 8 heteroatoms. The fourth-order valence-electron chi connectivity index (χ4n) is 2.17. The highest BCUT2D eigenvalue weighted by Crippen LogP contribution is 2.36. The number of benzene rings is 1. The number of carbonyl (C=O) groups excluding carboxylic acids is 1. The molecular formula is C15H11N3O5. The normalized spacial score (nSPS) is 12.4. The molecule has 8 nitrogen and oxygen atoms in total. The third-order valence-electron chi connectivity index (χ3n) is 3.27. The fraction of sp³-hybridized carbons (Fsp3) is 0.133. The standard InChI is InChI=1S/C15H11N3O5/c1-8-4-14(18-22-8)16-15(19)10-6-12(23-17-10)9-2-3-11-13(5-9)21-7-20-11/h2-6H,7H2,1H3,(H,16,18,19). The predicted octanol–water partition coefficient (Wildman–Crippen LogP) is 2.62. The van der Waals surface area contributed by atoms with Gasteiger partial charge in [-0.25, -0.2) is 0 Å². The van der Waals surface area contributed by atoms with Gasteiger partial charge >= 0.3 is 0 Å². The van der Waals surface area contributed by atoms with Crippen molar-refractivity contribution in [2.45, 2.75) is 6.92 Å². The van der Waals surface area contributed by atoms with E-state index in [9.17, 15) is 4.79 Å². The summed E-state index contributed by atoms with van der Waals surface area (Å²) in [7, 11) is 0. The number of aryl methyl sites for hydroxylation is 1. The van der Waals surface area contributed by atoms with Crippen molar-refractivity contribution in [3.63, 3.8) is 0 Å². The summed E-state index contributed by atoms with van der Waals surface area (Å²) < 4.78 is 20.7. The minimum Gasteiger partial charge on any atom is -0.454 e. The zero-order chi connectivity index (χ0) is 15.8. The van der Waals surface area contributed by atoms with E-state index in [4.69, 9.17) is 18.5 Å². The van der Waals surface area contributed by atoms with E-state index < -0.39 is 5.91 Å². The summed E-state index contributed by atoms with van der Waals surface area (Å²) >= 11 is 0. The van der Waals surface area contributed by atoms with Gasteiger partial charge in [-0.3, -0.25) is 4.79 Å². The van der Waals surface area contributed by atoms with Crippen molar-refractivity contribution >= 4 is 11.7 Å². The maximum Gasteiger partial charge on any atom is 0.279 e. The van der Waals surface area contributed by atoms with Crippen molar-refractivity contribution < 1.29 is 23.3 Å². The third-order valence-corrected chi connectivity index (χ3v) is 3.27. The molecule has 0 spiro atoms. The van der Waals surface area contributed by atoms with Crippen molar-refractivity contribution in [1.82, 2.24) is 10.3 Å². The molecular weight excluding hydrogens is 302 g/mol. The second kappa shape index (κ2) is 5.16. The third kappa shape index (κ3) is 2.50. The molecule has 0 unspecified atom stereocenters. The Balaban J connectivity index is 1.55. The maximum absolute atomic E-state index is 12.1. The van der Waals surface area contributed by atoms with Gasteiger partial charge in [0.05, 0.1) is 0 Å². The van der Waals surface area contributed by atoms with E-state index in [1.165, 1.54) is 0 Å². The molecule has 3 heterocycles. The molecule has 1 aliphatic rings. The molecule has 0 fully saturated rings. The van der Waals surface area contributed by atoms with E-state index >= 15 is 0 Å². The molecule has 0 atom stereocenters. The molecule has 4 rings (SSSR count). The molecule has 1 amide bonds. The Morgan fingerprint density at radius 1 is 1.09 bits per heavy atom. The highest BCUT2D eigenvalue weighted by Gasteiger charge is 2.18. The van der Waals surface area contributed by atoms with Crippen LogP contribution in [0.2, 0.25) is 0 Å². The van der Waals surface area contributed by atoms with Crippen LogP contribution in [0, 0.1) is 6.92 Å². The number of nitrogens with zero attached hydrogens (tertiary/aromatic N) is 2. The number of anilines is 1.